The van der Waals surface area contributed by atoms with Gasteiger partial charge in [0.15, 0.2) is 0 Å². The maximum Gasteiger partial charge on any atom is 2.00 e. The van der Waals surface area contributed by atoms with Gasteiger partial charge in [-0.1, -0.05) is 162 Å². The number of hydrogen-bond acceptors (Lipinski definition) is 3. The van der Waals surface area contributed by atoms with E-state index in [1.807, 2.05) is 36.9 Å². The Hall–Kier alpha value is -5.77. The van der Waals surface area contributed by atoms with Gasteiger partial charge in [0.25, 0.3) is 0 Å². The van der Waals surface area contributed by atoms with Crippen molar-refractivity contribution in [2.24, 2.45) is 0 Å². The molecule has 4 aromatic heterocycles. The van der Waals surface area contributed by atoms with Crippen LogP contribution in [0.3, 0.4) is 0 Å². The van der Waals surface area contributed by atoms with Crippen LogP contribution in [0.2, 0.25) is 0 Å². The molecule has 0 saturated carbocycles. The van der Waals surface area contributed by atoms with Crippen molar-refractivity contribution in [1.82, 2.24) is 18.8 Å². The number of ether oxygens (including phenoxy) is 1. The van der Waals surface area contributed by atoms with Gasteiger partial charge in [-0.25, -0.2) is 0 Å². The molecule has 6 aromatic carbocycles. The predicted molar refractivity (Wildman–Crippen MR) is 245 cm³/mol. The van der Waals surface area contributed by atoms with E-state index in [2.05, 4.69) is 161 Å². The Morgan fingerprint density at radius 2 is 0.900 bits per heavy atom. The van der Waals surface area contributed by atoms with Crippen LogP contribution >= 0.6 is 0 Å². The molecule has 0 unspecified atom stereocenters. The molecule has 300 valence electrons. The molecule has 6 heteroatoms. The van der Waals surface area contributed by atoms with E-state index in [9.17, 15) is 0 Å². The van der Waals surface area contributed by atoms with Crippen molar-refractivity contribution in [2.75, 3.05) is 0 Å². The Labute approximate surface area is 366 Å². The Bertz CT molecular complexity index is 3220. The number of imidazole rings is 2. The van der Waals surface area contributed by atoms with Crippen molar-refractivity contribution in [3.05, 3.63) is 156 Å². The van der Waals surface area contributed by atoms with Crippen LogP contribution in [0.4, 0.5) is 0 Å². The zero-order valence-corrected chi connectivity index (χ0v) is 37.6. The third-order valence-corrected chi connectivity index (χ3v) is 12.2. The fraction of sp³-hybridized carbons (Fsp3) is 0.222. The van der Waals surface area contributed by atoms with E-state index in [1.165, 1.54) is 44.5 Å². The fourth-order valence-electron chi connectivity index (χ4n) is 9.35. The number of fused-ring (bicyclic) bond motifs is 12. The molecule has 0 fully saturated rings. The number of rotatable bonds is 8. The molecule has 0 spiro atoms. The average molecular weight is 964 g/mol. The second-order valence-corrected chi connectivity index (χ2v) is 17.3. The largest absolute Gasteiger partial charge is 2.00 e. The van der Waals surface area contributed by atoms with Crippen molar-refractivity contribution in [3.8, 4) is 33.8 Å². The van der Waals surface area contributed by atoms with E-state index in [-0.39, 0.29) is 21.1 Å². The number of hydrogen-bond donors (Lipinski definition) is 0. The molecule has 0 saturated heterocycles. The minimum atomic E-state index is 0. The first-order chi connectivity index (χ1) is 28.6. The summed E-state index contributed by atoms with van der Waals surface area (Å²) in [6.45, 7) is 18.2. The van der Waals surface area contributed by atoms with Gasteiger partial charge in [0, 0.05) is 47.3 Å². The van der Waals surface area contributed by atoms with Crippen LogP contribution in [-0.2, 0) is 21.1 Å². The zero-order chi connectivity index (χ0) is 40.7. The van der Waals surface area contributed by atoms with Crippen LogP contribution in [0.1, 0.15) is 101 Å². The molecule has 0 aliphatic heterocycles. The second-order valence-electron chi connectivity index (χ2n) is 17.3. The number of benzene rings is 6. The standard InChI is InChI=1S/C54H48N4O.Pt/c1-31(2)39-11-9-12-40(32(3)4)51(39)35-16-22-49-46(27-35)44-21-18-38(30-48(44)53-55-23-25-57(49)53)59-37-17-20-43-45-19-15-36(28-50(45)58-26-24-56-54(58)47(43)29-37)52-41(33(5)6)13-10-14-42(52)34(7)8;/h9-28,31-34H,1-8H3;/q-2;+2. The quantitative estimate of drug-likeness (QED) is 0.113. The summed E-state index contributed by atoms with van der Waals surface area (Å²) >= 11 is 0. The van der Waals surface area contributed by atoms with E-state index in [0.717, 1.165) is 54.6 Å². The maximum absolute atomic E-state index is 6.61. The molecular weight excluding hydrogens is 916 g/mol. The van der Waals surface area contributed by atoms with Crippen molar-refractivity contribution in [2.45, 2.75) is 79.1 Å². The summed E-state index contributed by atoms with van der Waals surface area (Å²) in [5, 5.41) is 6.30. The third kappa shape index (κ3) is 6.41. The average Bonchev–Trinajstić information content (AvgIpc) is 3.95. The first-order valence-corrected chi connectivity index (χ1v) is 21.0. The smallest absolute Gasteiger partial charge is 0.497 e. The van der Waals surface area contributed by atoms with Crippen molar-refractivity contribution in [3.63, 3.8) is 0 Å². The van der Waals surface area contributed by atoms with Crippen LogP contribution in [0.15, 0.2) is 122 Å². The minimum absolute atomic E-state index is 0. The summed E-state index contributed by atoms with van der Waals surface area (Å²) < 4.78 is 11.0. The molecule has 0 aliphatic rings. The molecule has 4 heterocycles. The van der Waals surface area contributed by atoms with E-state index >= 15 is 0 Å². The van der Waals surface area contributed by atoms with Gasteiger partial charge < -0.3 is 13.5 Å². The van der Waals surface area contributed by atoms with Crippen LogP contribution < -0.4 is 4.74 Å². The van der Waals surface area contributed by atoms with E-state index < -0.39 is 0 Å². The number of pyridine rings is 2. The van der Waals surface area contributed by atoms with Crippen molar-refractivity contribution in [1.29, 1.82) is 0 Å². The van der Waals surface area contributed by atoms with Crippen LogP contribution in [-0.4, -0.2) is 18.8 Å². The maximum atomic E-state index is 6.61. The SMILES string of the molecule is CC(C)c1cccc(C(C)C)c1-c1ccc2c(c1)c1ccc(Oc3[c-]c4c(cc3)c3ccc(-c5c(C(C)C)cccc5C(C)C)cc3n3ccnc43)[c-]c1c1nccn21.[Pt+2]. The molecule has 0 amide bonds. The molecule has 10 rings (SSSR count). The number of aromatic nitrogens is 4. The molecule has 0 radical (unpaired) electrons. The Morgan fingerprint density at radius 1 is 0.467 bits per heavy atom. The van der Waals surface area contributed by atoms with Gasteiger partial charge in [0.1, 0.15) is 0 Å². The topological polar surface area (TPSA) is 43.8 Å². The van der Waals surface area contributed by atoms with Gasteiger partial charge in [-0.05, 0) is 91.1 Å². The second kappa shape index (κ2) is 15.4. The predicted octanol–water partition coefficient (Wildman–Crippen LogP) is 14.8. The van der Waals surface area contributed by atoms with Crippen molar-refractivity contribution >= 4 is 54.6 Å². The summed E-state index contributed by atoms with van der Waals surface area (Å²) in [5.74, 6) is 2.83. The molecule has 10 aromatic rings. The minimum Gasteiger partial charge on any atom is -0.497 e. The van der Waals surface area contributed by atoms with Gasteiger partial charge in [-0.2, -0.15) is 0 Å². The van der Waals surface area contributed by atoms with Gasteiger partial charge in [0.2, 0.25) is 0 Å². The monoisotopic (exact) mass is 963 g/mol. The Balaban J connectivity index is 0.00000462. The molecule has 0 N–H and O–H groups in total. The van der Waals surface area contributed by atoms with E-state index in [4.69, 9.17) is 14.7 Å². The zero-order valence-electron chi connectivity index (χ0n) is 35.4. The fourth-order valence-corrected chi connectivity index (χ4v) is 9.35. The summed E-state index contributed by atoms with van der Waals surface area (Å²) in [7, 11) is 0. The summed E-state index contributed by atoms with van der Waals surface area (Å²) in [5.41, 5.74) is 14.5. The van der Waals surface area contributed by atoms with Crippen molar-refractivity contribution < 1.29 is 25.8 Å². The molecule has 60 heavy (non-hydrogen) atoms. The van der Waals surface area contributed by atoms with Crippen LogP contribution in [0, 0.1) is 12.1 Å². The number of nitrogens with zero attached hydrogens (tertiary/aromatic N) is 4. The summed E-state index contributed by atoms with van der Waals surface area (Å²) in [6, 6.07) is 42.8. The van der Waals surface area contributed by atoms with E-state index in [0.29, 0.717) is 35.2 Å². The van der Waals surface area contributed by atoms with Crippen LogP contribution in [0.5, 0.6) is 11.5 Å². The molecule has 5 nitrogen and oxygen atoms in total. The Morgan fingerprint density at radius 3 is 1.40 bits per heavy atom. The third-order valence-electron chi connectivity index (χ3n) is 12.2. The van der Waals surface area contributed by atoms with Gasteiger partial charge in [-0.3, -0.25) is 9.97 Å². The van der Waals surface area contributed by atoms with Crippen LogP contribution in [0.25, 0.3) is 76.9 Å². The first kappa shape index (κ1) is 39.7. The molecular formula is C54H48N4OPt. The Kier molecular flexibility index (Phi) is 10.2. The molecule has 0 bridgehead atoms. The van der Waals surface area contributed by atoms with Gasteiger partial charge in [-0.15, -0.1) is 12.1 Å². The molecule has 0 atom stereocenters. The molecule has 0 aliphatic carbocycles. The summed E-state index contributed by atoms with van der Waals surface area (Å²) in [6.07, 6.45) is 7.82. The first-order valence-electron chi connectivity index (χ1n) is 21.0. The van der Waals surface area contributed by atoms with E-state index in [1.54, 1.807) is 0 Å². The van der Waals surface area contributed by atoms with Gasteiger partial charge >= 0.3 is 21.1 Å². The normalized spacial score (nSPS) is 12.1. The summed E-state index contributed by atoms with van der Waals surface area (Å²) in [4.78, 5) is 9.66. The van der Waals surface area contributed by atoms with Gasteiger partial charge in [0.05, 0.1) is 11.3 Å².